The van der Waals surface area contributed by atoms with Crippen molar-refractivity contribution in [2.24, 2.45) is 0 Å². The van der Waals surface area contributed by atoms with Crippen molar-refractivity contribution in [2.45, 2.75) is 20.0 Å². The molecular weight excluding hydrogens is 302 g/mol. The van der Waals surface area contributed by atoms with Gasteiger partial charge in [-0.2, -0.15) is 0 Å². The van der Waals surface area contributed by atoms with E-state index in [9.17, 15) is 0 Å². The van der Waals surface area contributed by atoms with E-state index in [0.29, 0.717) is 32.9 Å². The zero-order chi connectivity index (χ0) is 16.6. The SMILES string of the molecule is CCOCCOc1ccc2ccccc2c1CNCc1ccco1. The monoisotopic (exact) mass is 325 g/mol. The molecule has 0 saturated carbocycles. The van der Waals surface area contributed by atoms with E-state index in [1.807, 2.05) is 25.1 Å². The maximum absolute atomic E-state index is 5.95. The molecule has 0 unspecified atom stereocenters. The predicted octanol–water partition coefficient (Wildman–Crippen LogP) is 4.14. The molecular formula is C20H23NO3. The van der Waals surface area contributed by atoms with Crippen LogP contribution in [0.1, 0.15) is 18.2 Å². The summed E-state index contributed by atoms with van der Waals surface area (Å²) in [4.78, 5) is 0. The van der Waals surface area contributed by atoms with E-state index in [0.717, 1.165) is 17.1 Å². The molecule has 0 radical (unpaired) electrons. The third kappa shape index (κ3) is 4.16. The number of furan rings is 1. The molecule has 0 aliphatic heterocycles. The summed E-state index contributed by atoms with van der Waals surface area (Å²) >= 11 is 0. The van der Waals surface area contributed by atoms with Crippen molar-refractivity contribution in [1.29, 1.82) is 0 Å². The summed E-state index contributed by atoms with van der Waals surface area (Å²) in [6.45, 7) is 5.25. The number of hydrogen-bond acceptors (Lipinski definition) is 4. The third-order valence-corrected chi connectivity index (χ3v) is 3.87. The minimum Gasteiger partial charge on any atom is -0.491 e. The second-order valence-corrected chi connectivity index (χ2v) is 5.49. The molecule has 4 nitrogen and oxygen atoms in total. The Labute approximate surface area is 142 Å². The lowest BCUT2D eigenvalue weighted by atomic mass is 10.0. The van der Waals surface area contributed by atoms with Crippen molar-refractivity contribution < 1.29 is 13.9 Å². The molecule has 0 amide bonds. The molecule has 0 aliphatic carbocycles. The number of hydrogen-bond donors (Lipinski definition) is 1. The maximum Gasteiger partial charge on any atom is 0.124 e. The smallest absolute Gasteiger partial charge is 0.124 e. The zero-order valence-corrected chi connectivity index (χ0v) is 14.0. The van der Waals surface area contributed by atoms with Crippen LogP contribution in [-0.2, 0) is 17.8 Å². The van der Waals surface area contributed by atoms with Gasteiger partial charge < -0.3 is 19.2 Å². The lowest BCUT2D eigenvalue weighted by Crippen LogP contribution is -2.14. The van der Waals surface area contributed by atoms with Gasteiger partial charge in [-0.05, 0) is 35.9 Å². The van der Waals surface area contributed by atoms with Crippen molar-refractivity contribution in [3.8, 4) is 5.75 Å². The van der Waals surface area contributed by atoms with Gasteiger partial charge >= 0.3 is 0 Å². The van der Waals surface area contributed by atoms with Crippen LogP contribution in [0.25, 0.3) is 10.8 Å². The largest absolute Gasteiger partial charge is 0.491 e. The molecule has 0 bridgehead atoms. The van der Waals surface area contributed by atoms with Crippen LogP contribution in [0.15, 0.2) is 59.2 Å². The predicted molar refractivity (Wildman–Crippen MR) is 95.2 cm³/mol. The molecule has 0 fully saturated rings. The second kappa shape index (κ2) is 8.52. The summed E-state index contributed by atoms with van der Waals surface area (Å²) in [5.74, 6) is 1.83. The fourth-order valence-corrected chi connectivity index (χ4v) is 2.71. The first-order valence-corrected chi connectivity index (χ1v) is 8.32. The van der Waals surface area contributed by atoms with E-state index in [1.165, 1.54) is 10.8 Å². The van der Waals surface area contributed by atoms with Crippen LogP contribution >= 0.6 is 0 Å². The molecule has 0 spiro atoms. The molecule has 3 aromatic rings. The Morgan fingerprint density at radius 1 is 0.958 bits per heavy atom. The standard InChI is InChI=1S/C20H23NO3/c1-2-22-12-13-24-20-10-9-16-6-3-4-8-18(16)19(20)15-21-14-17-7-5-11-23-17/h3-11,21H,2,12-15H2,1H3. The van der Waals surface area contributed by atoms with Crippen molar-refractivity contribution in [2.75, 3.05) is 19.8 Å². The van der Waals surface area contributed by atoms with E-state index in [1.54, 1.807) is 6.26 Å². The van der Waals surface area contributed by atoms with Gasteiger partial charge in [-0.1, -0.05) is 30.3 Å². The van der Waals surface area contributed by atoms with Gasteiger partial charge in [0.1, 0.15) is 18.1 Å². The van der Waals surface area contributed by atoms with Crippen molar-refractivity contribution in [3.63, 3.8) is 0 Å². The molecule has 126 valence electrons. The molecule has 3 rings (SSSR count). The molecule has 4 heteroatoms. The molecule has 1 heterocycles. The Morgan fingerprint density at radius 3 is 2.71 bits per heavy atom. The van der Waals surface area contributed by atoms with Gasteiger partial charge in [-0.15, -0.1) is 0 Å². The second-order valence-electron chi connectivity index (χ2n) is 5.49. The summed E-state index contributed by atoms with van der Waals surface area (Å²) in [6, 6.07) is 16.4. The summed E-state index contributed by atoms with van der Waals surface area (Å²) < 4.78 is 16.7. The zero-order valence-electron chi connectivity index (χ0n) is 14.0. The highest BCUT2D eigenvalue weighted by molar-refractivity contribution is 5.87. The average molecular weight is 325 g/mol. The van der Waals surface area contributed by atoms with Gasteiger partial charge in [0, 0.05) is 18.7 Å². The number of benzene rings is 2. The maximum atomic E-state index is 5.95. The van der Waals surface area contributed by atoms with E-state index < -0.39 is 0 Å². The van der Waals surface area contributed by atoms with E-state index in [-0.39, 0.29) is 0 Å². The first-order valence-electron chi connectivity index (χ1n) is 8.32. The fraction of sp³-hybridized carbons (Fsp3) is 0.300. The van der Waals surface area contributed by atoms with Crippen LogP contribution < -0.4 is 10.1 Å². The highest BCUT2D eigenvalue weighted by atomic mass is 16.5. The number of rotatable bonds is 9. The number of nitrogens with one attached hydrogen (secondary N) is 1. The van der Waals surface area contributed by atoms with E-state index in [2.05, 4.69) is 35.6 Å². The summed E-state index contributed by atoms with van der Waals surface area (Å²) in [6.07, 6.45) is 1.69. The van der Waals surface area contributed by atoms with Gasteiger partial charge in [0.2, 0.25) is 0 Å². The van der Waals surface area contributed by atoms with Crippen LogP contribution in [0.2, 0.25) is 0 Å². The first kappa shape index (κ1) is 16.6. The number of ether oxygens (including phenoxy) is 2. The third-order valence-electron chi connectivity index (χ3n) is 3.87. The molecule has 0 aliphatic rings. The Morgan fingerprint density at radius 2 is 1.88 bits per heavy atom. The molecule has 1 aromatic heterocycles. The lowest BCUT2D eigenvalue weighted by Gasteiger charge is -2.15. The van der Waals surface area contributed by atoms with Gasteiger partial charge in [-0.3, -0.25) is 0 Å². The van der Waals surface area contributed by atoms with Gasteiger partial charge in [0.05, 0.1) is 19.4 Å². The minimum absolute atomic E-state index is 0.553. The fourth-order valence-electron chi connectivity index (χ4n) is 2.71. The normalized spacial score (nSPS) is 11.0. The van der Waals surface area contributed by atoms with Gasteiger partial charge in [0.15, 0.2) is 0 Å². The quantitative estimate of drug-likeness (QED) is 0.601. The van der Waals surface area contributed by atoms with Crippen molar-refractivity contribution in [3.05, 3.63) is 66.1 Å². The minimum atomic E-state index is 0.553. The number of fused-ring (bicyclic) bond motifs is 1. The van der Waals surface area contributed by atoms with Crippen LogP contribution in [0.4, 0.5) is 0 Å². The average Bonchev–Trinajstić information content (AvgIpc) is 3.13. The summed E-state index contributed by atoms with van der Waals surface area (Å²) in [5, 5.41) is 5.85. The van der Waals surface area contributed by atoms with Crippen molar-refractivity contribution >= 4 is 10.8 Å². The summed E-state index contributed by atoms with van der Waals surface area (Å²) in [7, 11) is 0. The first-order chi connectivity index (χ1) is 11.9. The van der Waals surface area contributed by atoms with E-state index >= 15 is 0 Å². The van der Waals surface area contributed by atoms with Crippen LogP contribution in [0.5, 0.6) is 5.75 Å². The molecule has 0 atom stereocenters. The van der Waals surface area contributed by atoms with Crippen molar-refractivity contribution in [1.82, 2.24) is 5.32 Å². The molecule has 0 saturated heterocycles. The van der Waals surface area contributed by atoms with Crippen LogP contribution in [-0.4, -0.2) is 19.8 Å². The van der Waals surface area contributed by atoms with Crippen LogP contribution in [0.3, 0.4) is 0 Å². The Bertz CT molecular complexity index is 753. The Balaban J connectivity index is 1.75. The highest BCUT2D eigenvalue weighted by Crippen LogP contribution is 2.28. The van der Waals surface area contributed by atoms with Crippen LogP contribution in [0, 0.1) is 0 Å². The molecule has 24 heavy (non-hydrogen) atoms. The summed E-state index contributed by atoms with van der Waals surface area (Å²) in [5.41, 5.74) is 1.16. The molecule has 1 N–H and O–H groups in total. The topological polar surface area (TPSA) is 43.6 Å². The Hall–Kier alpha value is -2.30. The highest BCUT2D eigenvalue weighted by Gasteiger charge is 2.09. The lowest BCUT2D eigenvalue weighted by molar-refractivity contribution is 0.110. The Kier molecular flexibility index (Phi) is 5.88. The van der Waals surface area contributed by atoms with Gasteiger partial charge in [-0.25, -0.2) is 0 Å². The molecule has 2 aromatic carbocycles. The van der Waals surface area contributed by atoms with E-state index in [4.69, 9.17) is 13.9 Å². The van der Waals surface area contributed by atoms with Gasteiger partial charge in [0.25, 0.3) is 0 Å².